The Labute approximate surface area is 76.3 Å². The summed E-state index contributed by atoms with van der Waals surface area (Å²) in [5.41, 5.74) is 0.836. The van der Waals surface area contributed by atoms with Crippen LogP contribution in [0.3, 0.4) is 0 Å². The van der Waals surface area contributed by atoms with Gasteiger partial charge < -0.3 is 4.90 Å². The quantitative estimate of drug-likeness (QED) is 0.525. The molecule has 70 valence electrons. The summed E-state index contributed by atoms with van der Waals surface area (Å²) in [6.45, 7) is 1.63. The lowest BCUT2D eigenvalue weighted by Crippen LogP contribution is -2.50. The summed E-state index contributed by atoms with van der Waals surface area (Å²) in [7, 11) is 1.99. The molecule has 0 spiro atoms. The Morgan fingerprint density at radius 1 is 1.69 bits per heavy atom. The van der Waals surface area contributed by atoms with E-state index in [-0.39, 0.29) is 17.8 Å². The number of nitrogens with zero attached hydrogens (tertiary/aromatic N) is 2. The van der Waals surface area contributed by atoms with Crippen LogP contribution in [-0.4, -0.2) is 42.6 Å². The molecule has 2 N–H and O–H groups in total. The van der Waals surface area contributed by atoms with Crippen LogP contribution in [-0.2, 0) is 4.79 Å². The maximum atomic E-state index is 11.4. The van der Waals surface area contributed by atoms with Crippen LogP contribution in [0.2, 0.25) is 0 Å². The molecule has 13 heavy (non-hydrogen) atoms. The number of nitrogens with one attached hydrogen (secondary N) is 2. The van der Waals surface area contributed by atoms with E-state index in [0.29, 0.717) is 6.54 Å². The van der Waals surface area contributed by atoms with Gasteiger partial charge in [0.15, 0.2) is 0 Å². The first-order valence-corrected chi connectivity index (χ1v) is 4.32. The van der Waals surface area contributed by atoms with Crippen LogP contribution >= 0.6 is 0 Å². The minimum atomic E-state index is -0.0923. The summed E-state index contributed by atoms with van der Waals surface area (Å²) in [6.07, 6.45) is 0.814. The Balaban J connectivity index is 2.26. The molecular weight excluding hydrogens is 168 g/mol. The van der Waals surface area contributed by atoms with Crippen molar-refractivity contribution in [3.63, 3.8) is 0 Å². The molecule has 0 aliphatic carbocycles. The number of carbonyl (C=O) groups is 1. The van der Waals surface area contributed by atoms with E-state index in [4.69, 9.17) is 5.41 Å². The third kappa shape index (κ3) is 1.47. The van der Waals surface area contributed by atoms with Crippen molar-refractivity contribution in [2.24, 2.45) is 10.9 Å². The molecule has 1 saturated heterocycles. The smallest absolute Gasteiger partial charge is 0.235 e. The number of hydrogen-bond acceptors (Lipinski definition) is 3. The van der Waals surface area contributed by atoms with Gasteiger partial charge in [-0.15, -0.1) is 0 Å². The average molecular weight is 180 g/mol. The second-order valence-corrected chi connectivity index (χ2v) is 3.52. The summed E-state index contributed by atoms with van der Waals surface area (Å²) in [4.78, 5) is 17.5. The van der Waals surface area contributed by atoms with Crippen LogP contribution in [0.25, 0.3) is 0 Å². The maximum Gasteiger partial charge on any atom is 0.235 e. The lowest BCUT2D eigenvalue weighted by Gasteiger charge is -2.32. The predicted octanol–water partition coefficient (Wildman–Crippen LogP) is -0.556. The van der Waals surface area contributed by atoms with Crippen LogP contribution in [0.4, 0.5) is 0 Å². The van der Waals surface area contributed by atoms with Crippen molar-refractivity contribution in [1.82, 2.24) is 10.2 Å². The number of hydrogen-bond donors (Lipinski definition) is 2. The largest absolute Gasteiger partial charge is 0.301 e. The number of likely N-dealkylation sites (tertiary alicyclic amines) is 1. The number of guanidine groups is 1. The van der Waals surface area contributed by atoms with Gasteiger partial charge in [0.2, 0.25) is 11.9 Å². The van der Waals surface area contributed by atoms with Gasteiger partial charge in [0.05, 0.1) is 5.92 Å². The number of piperidine rings is 1. The summed E-state index contributed by atoms with van der Waals surface area (Å²) in [6, 6.07) is 0. The normalized spacial score (nSPS) is 29.3. The lowest BCUT2D eigenvalue weighted by atomic mass is 9.93. The van der Waals surface area contributed by atoms with Gasteiger partial charge in [0.1, 0.15) is 0 Å². The Morgan fingerprint density at radius 2 is 2.46 bits per heavy atom. The Bertz CT molecular complexity index is 297. The van der Waals surface area contributed by atoms with Gasteiger partial charge in [-0.05, 0) is 20.0 Å². The molecule has 1 amide bonds. The first kappa shape index (κ1) is 8.37. The topological polar surface area (TPSA) is 68.6 Å². The lowest BCUT2D eigenvalue weighted by molar-refractivity contribution is -0.122. The van der Waals surface area contributed by atoms with Crippen molar-refractivity contribution in [1.29, 1.82) is 5.41 Å². The van der Waals surface area contributed by atoms with Gasteiger partial charge in [-0.3, -0.25) is 15.5 Å². The summed E-state index contributed by atoms with van der Waals surface area (Å²) in [5, 5.41) is 9.70. The number of aliphatic imine (C=N–C) groups is 1. The number of fused-ring (bicyclic) bond motifs is 1. The summed E-state index contributed by atoms with van der Waals surface area (Å²) < 4.78 is 0. The van der Waals surface area contributed by atoms with E-state index in [1.165, 1.54) is 0 Å². The minimum Gasteiger partial charge on any atom is -0.301 e. The SMILES string of the molecule is CN1CCC2C(=O)NC(=N)N=C2C1. The van der Waals surface area contributed by atoms with Crippen molar-refractivity contribution < 1.29 is 4.79 Å². The molecular formula is C8H12N4O. The first-order valence-electron chi connectivity index (χ1n) is 4.32. The molecule has 5 heteroatoms. The molecule has 1 atom stereocenters. The van der Waals surface area contributed by atoms with E-state index in [2.05, 4.69) is 15.2 Å². The zero-order valence-corrected chi connectivity index (χ0v) is 7.50. The summed E-state index contributed by atoms with van der Waals surface area (Å²) in [5.74, 6) is -0.181. The molecule has 5 nitrogen and oxygen atoms in total. The van der Waals surface area contributed by atoms with Gasteiger partial charge in [0, 0.05) is 12.3 Å². The number of amides is 1. The Morgan fingerprint density at radius 3 is 3.23 bits per heavy atom. The van der Waals surface area contributed by atoms with Crippen LogP contribution in [0, 0.1) is 11.3 Å². The molecule has 0 bridgehead atoms. The zero-order valence-electron chi connectivity index (χ0n) is 7.50. The molecule has 0 aromatic carbocycles. The highest BCUT2D eigenvalue weighted by atomic mass is 16.2. The third-order valence-corrected chi connectivity index (χ3v) is 2.45. The molecule has 1 fully saturated rings. The molecule has 2 aliphatic heterocycles. The fourth-order valence-corrected chi connectivity index (χ4v) is 1.75. The molecule has 0 aromatic rings. The standard InChI is InChI=1S/C8H12N4O/c1-12-3-2-5-6(4-12)10-8(9)11-7(5)13/h5H,2-4H2,1H3,(H2,9,11,13). The van der Waals surface area contributed by atoms with E-state index >= 15 is 0 Å². The van der Waals surface area contributed by atoms with Crippen molar-refractivity contribution in [3.8, 4) is 0 Å². The van der Waals surface area contributed by atoms with Crippen molar-refractivity contribution in [3.05, 3.63) is 0 Å². The van der Waals surface area contributed by atoms with Crippen molar-refractivity contribution in [2.45, 2.75) is 6.42 Å². The predicted molar refractivity (Wildman–Crippen MR) is 48.9 cm³/mol. The van der Waals surface area contributed by atoms with Gasteiger partial charge in [-0.25, -0.2) is 4.99 Å². The van der Waals surface area contributed by atoms with Gasteiger partial charge in [-0.2, -0.15) is 0 Å². The second-order valence-electron chi connectivity index (χ2n) is 3.52. The van der Waals surface area contributed by atoms with Crippen molar-refractivity contribution >= 4 is 17.6 Å². The van der Waals surface area contributed by atoms with E-state index in [1.807, 2.05) is 7.05 Å². The van der Waals surface area contributed by atoms with Gasteiger partial charge in [0.25, 0.3) is 0 Å². The fraction of sp³-hybridized carbons (Fsp3) is 0.625. The van der Waals surface area contributed by atoms with E-state index in [1.54, 1.807) is 0 Å². The number of rotatable bonds is 0. The fourth-order valence-electron chi connectivity index (χ4n) is 1.75. The van der Waals surface area contributed by atoms with Crippen LogP contribution < -0.4 is 5.32 Å². The Kier molecular flexibility index (Phi) is 1.88. The third-order valence-electron chi connectivity index (χ3n) is 2.45. The molecule has 2 aliphatic rings. The Hall–Kier alpha value is -1.23. The summed E-state index contributed by atoms with van der Waals surface area (Å²) >= 11 is 0. The minimum absolute atomic E-state index is 0.0217. The molecule has 0 saturated carbocycles. The van der Waals surface area contributed by atoms with E-state index in [0.717, 1.165) is 18.7 Å². The maximum absolute atomic E-state index is 11.4. The van der Waals surface area contributed by atoms with Crippen LogP contribution in [0.1, 0.15) is 6.42 Å². The average Bonchev–Trinajstić information content (AvgIpc) is 2.02. The molecule has 0 aromatic heterocycles. The number of carbonyl (C=O) groups excluding carboxylic acids is 1. The van der Waals surface area contributed by atoms with E-state index in [9.17, 15) is 4.79 Å². The first-order chi connectivity index (χ1) is 6.16. The van der Waals surface area contributed by atoms with Crippen LogP contribution in [0.5, 0.6) is 0 Å². The molecule has 1 unspecified atom stereocenters. The van der Waals surface area contributed by atoms with Crippen LogP contribution in [0.15, 0.2) is 4.99 Å². The highest BCUT2D eigenvalue weighted by Crippen LogP contribution is 2.16. The monoisotopic (exact) mass is 180 g/mol. The molecule has 0 radical (unpaired) electrons. The van der Waals surface area contributed by atoms with Crippen molar-refractivity contribution in [2.75, 3.05) is 20.1 Å². The zero-order chi connectivity index (χ0) is 9.42. The second kappa shape index (κ2) is 2.92. The highest BCUT2D eigenvalue weighted by Gasteiger charge is 2.32. The van der Waals surface area contributed by atoms with E-state index < -0.39 is 0 Å². The molecule has 2 rings (SSSR count). The molecule has 2 heterocycles. The van der Waals surface area contributed by atoms with Gasteiger partial charge >= 0.3 is 0 Å². The highest BCUT2D eigenvalue weighted by molar-refractivity contribution is 6.17. The van der Waals surface area contributed by atoms with Gasteiger partial charge in [-0.1, -0.05) is 0 Å².